The SMILES string of the molecule is COc1ccc(C)cc1NC(=O)c1cccc(C(=O)NC(C)(C)C)c1. The molecule has 0 spiro atoms. The molecule has 0 saturated heterocycles. The molecule has 0 bridgehead atoms. The summed E-state index contributed by atoms with van der Waals surface area (Å²) < 4.78 is 5.28. The molecule has 0 aliphatic heterocycles. The number of anilines is 1. The largest absolute Gasteiger partial charge is 0.495 e. The quantitative estimate of drug-likeness (QED) is 0.890. The fourth-order valence-corrected chi connectivity index (χ4v) is 2.33. The molecule has 0 unspecified atom stereocenters. The normalized spacial score (nSPS) is 10.9. The van der Waals surface area contributed by atoms with Gasteiger partial charge in [-0.05, 0) is 63.6 Å². The Morgan fingerprint density at radius 2 is 1.60 bits per heavy atom. The number of hydrogen-bond donors (Lipinski definition) is 2. The molecule has 25 heavy (non-hydrogen) atoms. The van der Waals surface area contributed by atoms with Crippen molar-refractivity contribution in [3.05, 3.63) is 59.2 Å². The van der Waals surface area contributed by atoms with Crippen molar-refractivity contribution < 1.29 is 14.3 Å². The molecule has 0 aromatic heterocycles. The first kappa shape index (κ1) is 18.5. The fraction of sp³-hybridized carbons (Fsp3) is 0.300. The lowest BCUT2D eigenvalue weighted by Gasteiger charge is -2.20. The predicted molar refractivity (Wildman–Crippen MR) is 99.3 cm³/mol. The lowest BCUT2D eigenvalue weighted by Crippen LogP contribution is -2.40. The van der Waals surface area contributed by atoms with E-state index in [-0.39, 0.29) is 17.4 Å². The molecule has 0 saturated carbocycles. The average molecular weight is 340 g/mol. The zero-order chi connectivity index (χ0) is 18.6. The van der Waals surface area contributed by atoms with Gasteiger partial charge in [-0.25, -0.2) is 0 Å². The first-order valence-electron chi connectivity index (χ1n) is 8.08. The Hall–Kier alpha value is -2.82. The van der Waals surface area contributed by atoms with Gasteiger partial charge >= 0.3 is 0 Å². The van der Waals surface area contributed by atoms with Crippen molar-refractivity contribution >= 4 is 17.5 Å². The van der Waals surface area contributed by atoms with E-state index in [0.717, 1.165) is 5.56 Å². The monoisotopic (exact) mass is 340 g/mol. The molecular formula is C20H24N2O3. The van der Waals surface area contributed by atoms with E-state index in [9.17, 15) is 9.59 Å². The average Bonchev–Trinajstić information content (AvgIpc) is 2.53. The first-order valence-corrected chi connectivity index (χ1v) is 8.08. The summed E-state index contributed by atoms with van der Waals surface area (Å²) in [6.07, 6.45) is 0. The van der Waals surface area contributed by atoms with Gasteiger partial charge in [-0.15, -0.1) is 0 Å². The second-order valence-electron chi connectivity index (χ2n) is 6.94. The second-order valence-corrected chi connectivity index (χ2v) is 6.94. The van der Waals surface area contributed by atoms with Crippen LogP contribution in [0, 0.1) is 6.92 Å². The van der Waals surface area contributed by atoms with Crippen molar-refractivity contribution in [1.29, 1.82) is 0 Å². The molecule has 2 N–H and O–H groups in total. The number of amides is 2. The first-order chi connectivity index (χ1) is 11.7. The van der Waals surface area contributed by atoms with Gasteiger partial charge in [-0.1, -0.05) is 12.1 Å². The third kappa shape index (κ3) is 5.08. The second kappa shape index (κ2) is 7.38. The van der Waals surface area contributed by atoms with Crippen molar-refractivity contribution in [1.82, 2.24) is 5.32 Å². The minimum atomic E-state index is -0.343. The van der Waals surface area contributed by atoms with Gasteiger partial charge in [0, 0.05) is 16.7 Å². The Labute approximate surface area is 148 Å². The molecular weight excluding hydrogens is 316 g/mol. The van der Waals surface area contributed by atoms with Gasteiger partial charge in [0.2, 0.25) is 0 Å². The number of aryl methyl sites for hydroxylation is 1. The van der Waals surface area contributed by atoms with Crippen LogP contribution in [-0.4, -0.2) is 24.5 Å². The molecule has 132 valence electrons. The number of carbonyl (C=O) groups is 2. The third-order valence-corrected chi connectivity index (χ3v) is 3.48. The Morgan fingerprint density at radius 3 is 2.20 bits per heavy atom. The van der Waals surface area contributed by atoms with Gasteiger partial charge < -0.3 is 15.4 Å². The van der Waals surface area contributed by atoms with E-state index in [1.807, 2.05) is 39.8 Å². The molecule has 0 radical (unpaired) electrons. The molecule has 5 heteroatoms. The lowest BCUT2D eigenvalue weighted by molar-refractivity contribution is 0.0919. The molecule has 0 aliphatic rings. The molecule has 0 fully saturated rings. The maximum Gasteiger partial charge on any atom is 0.255 e. The molecule has 2 aromatic rings. The molecule has 2 amide bonds. The zero-order valence-electron chi connectivity index (χ0n) is 15.3. The summed E-state index contributed by atoms with van der Waals surface area (Å²) in [6.45, 7) is 7.66. The van der Waals surface area contributed by atoms with Crippen LogP contribution in [0.1, 0.15) is 47.1 Å². The van der Waals surface area contributed by atoms with E-state index in [1.54, 1.807) is 37.4 Å². The summed E-state index contributed by atoms with van der Waals surface area (Å²) in [6, 6.07) is 12.2. The van der Waals surface area contributed by atoms with Crippen LogP contribution < -0.4 is 15.4 Å². The van der Waals surface area contributed by atoms with Crippen LogP contribution >= 0.6 is 0 Å². The number of benzene rings is 2. The lowest BCUT2D eigenvalue weighted by atomic mass is 10.1. The topological polar surface area (TPSA) is 67.4 Å². The van der Waals surface area contributed by atoms with Gasteiger partial charge in [0.15, 0.2) is 0 Å². The van der Waals surface area contributed by atoms with E-state index in [1.165, 1.54) is 0 Å². The van der Waals surface area contributed by atoms with E-state index in [4.69, 9.17) is 4.74 Å². The minimum absolute atomic E-state index is 0.213. The highest BCUT2D eigenvalue weighted by molar-refractivity contribution is 6.06. The fourth-order valence-electron chi connectivity index (χ4n) is 2.33. The van der Waals surface area contributed by atoms with Gasteiger partial charge in [0.1, 0.15) is 5.75 Å². The van der Waals surface area contributed by atoms with Crippen LogP contribution in [0.15, 0.2) is 42.5 Å². The van der Waals surface area contributed by atoms with Crippen molar-refractivity contribution in [2.24, 2.45) is 0 Å². The van der Waals surface area contributed by atoms with Crippen LogP contribution in [0.3, 0.4) is 0 Å². The van der Waals surface area contributed by atoms with Gasteiger partial charge in [-0.2, -0.15) is 0 Å². The van der Waals surface area contributed by atoms with Crippen LogP contribution in [0.5, 0.6) is 5.75 Å². The summed E-state index contributed by atoms with van der Waals surface area (Å²) >= 11 is 0. The minimum Gasteiger partial charge on any atom is -0.495 e. The smallest absolute Gasteiger partial charge is 0.255 e. The Balaban J connectivity index is 2.22. The van der Waals surface area contributed by atoms with Crippen molar-refractivity contribution in [3.8, 4) is 5.75 Å². The maximum absolute atomic E-state index is 12.6. The Kier molecular flexibility index (Phi) is 5.47. The van der Waals surface area contributed by atoms with Crippen LogP contribution in [-0.2, 0) is 0 Å². The van der Waals surface area contributed by atoms with Crippen LogP contribution in [0.4, 0.5) is 5.69 Å². The van der Waals surface area contributed by atoms with E-state index in [2.05, 4.69) is 10.6 Å². The van der Waals surface area contributed by atoms with Gasteiger partial charge in [0.05, 0.1) is 12.8 Å². The number of ether oxygens (including phenoxy) is 1. The van der Waals surface area contributed by atoms with Crippen LogP contribution in [0.25, 0.3) is 0 Å². The Morgan fingerprint density at radius 1 is 0.960 bits per heavy atom. The van der Waals surface area contributed by atoms with Crippen molar-refractivity contribution in [2.75, 3.05) is 12.4 Å². The van der Waals surface area contributed by atoms with E-state index < -0.39 is 0 Å². The summed E-state index contributed by atoms with van der Waals surface area (Å²) in [7, 11) is 1.55. The molecule has 0 heterocycles. The maximum atomic E-state index is 12.6. The molecule has 2 rings (SSSR count). The summed E-state index contributed by atoms with van der Waals surface area (Å²) in [5, 5.41) is 5.72. The summed E-state index contributed by atoms with van der Waals surface area (Å²) in [5.41, 5.74) is 2.11. The molecule has 0 aliphatic carbocycles. The van der Waals surface area contributed by atoms with Gasteiger partial charge in [0.25, 0.3) is 11.8 Å². The highest BCUT2D eigenvalue weighted by Gasteiger charge is 2.17. The van der Waals surface area contributed by atoms with Crippen molar-refractivity contribution in [3.63, 3.8) is 0 Å². The predicted octanol–water partition coefficient (Wildman–Crippen LogP) is 3.78. The van der Waals surface area contributed by atoms with Gasteiger partial charge in [-0.3, -0.25) is 9.59 Å². The zero-order valence-corrected chi connectivity index (χ0v) is 15.3. The number of rotatable bonds is 4. The molecule has 0 atom stereocenters. The van der Waals surface area contributed by atoms with E-state index in [0.29, 0.717) is 22.6 Å². The van der Waals surface area contributed by atoms with E-state index >= 15 is 0 Å². The number of hydrogen-bond acceptors (Lipinski definition) is 3. The number of methoxy groups -OCH3 is 1. The highest BCUT2D eigenvalue weighted by atomic mass is 16.5. The Bertz CT molecular complexity index is 792. The van der Waals surface area contributed by atoms with Crippen LogP contribution in [0.2, 0.25) is 0 Å². The molecule has 2 aromatic carbocycles. The standard InChI is InChI=1S/C20H24N2O3/c1-13-9-10-17(25-5)16(11-13)21-18(23)14-7-6-8-15(12-14)19(24)22-20(2,3)4/h6-12H,1-5H3,(H,21,23)(H,22,24). The van der Waals surface area contributed by atoms with Crippen molar-refractivity contribution in [2.45, 2.75) is 33.2 Å². The highest BCUT2D eigenvalue weighted by Crippen LogP contribution is 2.25. The molecule has 5 nitrogen and oxygen atoms in total. The number of nitrogens with one attached hydrogen (secondary N) is 2. The summed E-state index contributed by atoms with van der Waals surface area (Å²) in [5.74, 6) is 0.0742. The summed E-state index contributed by atoms with van der Waals surface area (Å²) in [4.78, 5) is 24.8. The number of carbonyl (C=O) groups excluding carboxylic acids is 2. The third-order valence-electron chi connectivity index (χ3n) is 3.48.